The lowest BCUT2D eigenvalue weighted by atomic mass is 9.95. The van der Waals surface area contributed by atoms with E-state index in [9.17, 15) is 0 Å². The van der Waals surface area contributed by atoms with Crippen LogP contribution in [0.15, 0.2) is 297 Å². The molecule has 0 spiro atoms. The summed E-state index contributed by atoms with van der Waals surface area (Å²) in [7, 11) is 0. The molecule has 374 valence electrons. The van der Waals surface area contributed by atoms with Crippen LogP contribution < -0.4 is 0 Å². The van der Waals surface area contributed by atoms with E-state index in [1.165, 1.54) is 21.9 Å². The highest BCUT2D eigenvalue weighted by Crippen LogP contribution is 2.46. The molecule has 0 bridgehead atoms. The summed E-state index contributed by atoms with van der Waals surface area (Å²) in [4.78, 5) is 16.3. The molecule has 0 aliphatic heterocycles. The fraction of sp³-hybridized carbons (Fsp3) is 0. The number of benzene rings is 12. The highest BCUT2D eigenvalue weighted by molar-refractivity contribution is 6.22. The van der Waals surface area contributed by atoms with Gasteiger partial charge in [0.25, 0.3) is 0 Å². The van der Waals surface area contributed by atoms with Crippen molar-refractivity contribution >= 4 is 43.6 Å². The molecule has 5 nitrogen and oxygen atoms in total. The largest absolute Gasteiger partial charge is 0.309 e. The molecule has 0 aliphatic carbocycles. The standard InChI is InChI=1S/C75H49N5/c1-6-21-50(22-7-1)54-39-41-55(42-40-54)73-76-74(59-30-18-29-56(47-59)51-23-8-2-9-24-51)78-75(77-73)65-46-44-58(53-27-12-4-13-28-53)49-70(65)80-68-38-20-35-62(72(68)64-45-43-57(48-69(64)80)52-25-10-3-11-26-52)61-34-19-37-67-71(61)63-33-16-17-36-66(63)79(67)60-31-14-5-15-32-60/h1-49H. The highest BCUT2D eigenvalue weighted by Gasteiger charge is 2.25. The maximum Gasteiger partial charge on any atom is 0.166 e. The Morgan fingerprint density at radius 3 is 1.24 bits per heavy atom. The third kappa shape index (κ3) is 8.15. The van der Waals surface area contributed by atoms with Crippen molar-refractivity contribution in [2.45, 2.75) is 0 Å². The van der Waals surface area contributed by atoms with E-state index in [1.807, 2.05) is 12.1 Å². The summed E-state index contributed by atoms with van der Waals surface area (Å²) >= 11 is 0. The molecule has 0 unspecified atom stereocenters. The van der Waals surface area contributed by atoms with Gasteiger partial charge >= 0.3 is 0 Å². The topological polar surface area (TPSA) is 48.5 Å². The van der Waals surface area contributed by atoms with E-state index in [-0.39, 0.29) is 0 Å². The molecule has 15 aromatic rings. The van der Waals surface area contributed by atoms with Crippen molar-refractivity contribution in [2.24, 2.45) is 0 Å². The molecular formula is C75H49N5. The Morgan fingerprint density at radius 2 is 0.613 bits per heavy atom. The monoisotopic (exact) mass is 1020 g/mol. The quantitative estimate of drug-likeness (QED) is 0.137. The summed E-state index contributed by atoms with van der Waals surface area (Å²) in [5, 5.41) is 4.72. The second kappa shape index (κ2) is 19.7. The number of hydrogen-bond donors (Lipinski definition) is 0. The Labute approximate surface area is 463 Å². The number of rotatable bonds is 10. The van der Waals surface area contributed by atoms with Crippen molar-refractivity contribution in [1.29, 1.82) is 0 Å². The van der Waals surface area contributed by atoms with Gasteiger partial charge in [-0.1, -0.05) is 243 Å². The van der Waals surface area contributed by atoms with Crippen molar-refractivity contribution in [2.75, 3.05) is 0 Å². The third-order valence-electron chi connectivity index (χ3n) is 15.6. The first kappa shape index (κ1) is 46.5. The smallest absolute Gasteiger partial charge is 0.166 e. The van der Waals surface area contributed by atoms with Gasteiger partial charge in [0.15, 0.2) is 17.5 Å². The van der Waals surface area contributed by atoms with E-state index in [1.54, 1.807) is 0 Å². The summed E-state index contributed by atoms with van der Waals surface area (Å²) in [5.74, 6) is 1.75. The van der Waals surface area contributed by atoms with Gasteiger partial charge in [-0.15, -0.1) is 0 Å². The Bertz CT molecular complexity index is 4780. The van der Waals surface area contributed by atoms with E-state index < -0.39 is 0 Å². The molecule has 0 aliphatic rings. The van der Waals surface area contributed by atoms with Gasteiger partial charge in [-0.3, -0.25) is 0 Å². The molecule has 0 radical (unpaired) electrons. The minimum Gasteiger partial charge on any atom is -0.309 e. The average molecular weight is 1020 g/mol. The predicted octanol–water partition coefficient (Wildman–Crippen LogP) is 19.4. The number of nitrogens with zero attached hydrogens (tertiary/aromatic N) is 5. The number of fused-ring (bicyclic) bond motifs is 6. The molecule has 0 atom stereocenters. The van der Waals surface area contributed by atoms with Crippen LogP contribution in [0.3, 0.4) is 0 Å². The maximum atomic E-state index is 5.52. The van der Waals surface area contributed by atoms with Crippen LogP contribution in [0.5, 0.6) is 0 Å². The average Bonchev–Trinajstić information content (AvgIpc) is 4.21. The van der Waals surface area contributed by atoms with Gasteiger partial charge in [0.05, 0.1) is 27.8 Å². The summed E-state index contributed by atoms with van der Waals surface area (Å²) < 4.78 is 4.86. The summed E-state index contributed by atoms with van der Waals surface area (Å²) in [6.45, 7) is 0. The molecule has 3 heterocycles. The number of para-hydroxylation sites is 2. The first-order valence-corrected chi connectivity index (χ1v) is 27.2. The van der Waals surface area contributed by atoms with Crippen LogP contribution in [-0.2, 0) is 0 Å². The van der Waals surface area contributed by atoms with Crippen LogP contribution in [0.1, 0.15) is 0 Å². The minimum absolute atomic E-state index is 0.570. The van der Waals surface area contributed by atoms with E-state index in [2.05, 4.69) is 294 Å². The summed E-state index contributed by atoms with van der Waals surface area (Å²) in [6, 6.07) is 106. The van der Waals surface area contributed by atoms with Crippen molar-refractivity contribution in [1.82, 2.24) is 24.1 Å². The number of aromatic nitrogens is 5. The van der Waals surface area contributed by atoms with Crippen LogP contribution >= 0.6 is 0 Å². The fourth-order valence-electron chi connectivity index (χ4n) is 11.8. The van der Waals surface area contributed by atoms with Crippen molar-refractivity contribution < 1.29 is 0 Å². The lowest BCUT2D eigenvalue weighted by molar-refractivity contribution is 1.06. The number of hydrogen-bond acceptors (Lipinski definition) is 3. The van der Waals surface area contributed by atoms with Gasteiger partial charge in [0.1, 0.15) is 0 Å². The molecule has 80 heavy (non-hydrogen) atoms. The third-order valence-corrected chi connectivity index (χ3v) is 15.6. The second-order valence-electron chi connectivity index (χ2n) is 20.3. The molecule has 0 fully saturated rings. The van der Waals surface area contributed by atoms with Gasteiger partial charge in [0, 0.05) is 43.9 Å². The van der Waals surface area contributed by atoms with Crippen molar-refractivity contribution in [3.63, 3.8) is 0 Å². The minimum atomic E-state index is 0.570. The van der Waals surface area contributed by atoms with E-state index in [0.29, 0.717) is 17.5 Å². The zero-order valence-electron chi connectivity index (χ0n) is 43.5. The SMILES string of the molecule is c1ccc(-c2ccc(-c3nc(-c4cccc(-c5ccccc5)c4)nc(-c4ccc(-c5ccccc5)cc4-n4c5cc(-c6ccccc6)ccc5c5c(-c6cccc7c6c6ccccc6n7-c6ccccc6)cccc54)n3)cc2)cc1. The molecule has 0 amide bonds. The second-order valence-corrected chi connectivity index (χ2v) is 20.3. The lowest BCUT2D eigenvalue weighted by Crippen LogP contribution is -2.04. The van der Waals surface area contributed by atoms with E-state index in [4.69, 9.17) is 15.0 Å². The Morgan fingerprint density at radius 1 is 0.212 bits per heavy atom. The molecule has 5 heteroatoms. The van der Waals surface area contributed by atoms with Crippen LogP contribution in [0.25, 0.3) is 145 Å². The van der Waals surface area contributed by atoms with Crippen LogP contribution in [0.2, 0.25) is 0 Å². The lowest BCUT2D eigenvalue weighted by Gasteiger charge is -2.17. The molecule has 3 aromatic heterocycles. The summed E-state index contributed by atoms with van der Waals surface area (Å²) in [5.41, 5.74) is 20.5. The van der Waals surface area contributed by atoms with E-state index in [0.717, 1.165) is 105 Å². The highest BCUT2D eigenvalue weighted by atomic mass is 15.1. The molecule has 0 saturated heterocycles. The first-order valence-electron chi connectivity index (χ1n) is 27.2. The van der Waals surface area contributed by atoms with Crippen LogP contribution in [-0.4, -0.2) is 24.1 Å². The van der Waals surface area contributed by atoms with Gasteiger partial charge in [-0.05, 0) is 110 Å². The van der Waals surface area contributed by atoms with Crippen molar-refractivity contribution in [3.05, 3.63) is 297 Å². The Kier molecular flexibility index (Phi) is 11.4. The molecule has 15 rings (SSSR count). The Balaban J connectivity index is 1.01. The van der Waals surface area contributed by atoms with Crippen molar-refractivity contribution in [3.8, 4) is 101 Å². The van der Waals surface area contributed by atoms with Gasteiger partial charge in [0.2, 0.25) is 0 Å². The Hall–Kier alpha value is -10.8. The molecule has 0 saturated carbocycles. The fourth-order valence-corrected chi connectivity index (χ4v) is 11.8. The van der Waals surface area contributed by atoms with Gasteiger partial charge < -0.3 is 9.13 Å². The molecule has 12 aromatic carbocycles. The van der Waals surface area contributed by atoms with Gasteiger partial charge in [-0.25, -0.2) is 15.0 Å². The van der Waals surface area contributed by atoms with Crippen LogP contribution in [0, 0.1) is 0 Å². The first-order chi connectivity index (χ1) is 39.7. The maximum absolute atomic E-state index is 5.52. The van der Waals surface area contributed by atoms with E-state index >= 15 is 0 Å². The zero-order valence-corrected chi connectivity index (χ0v) is 43.5. The van der Waals surface area contributed by atoms with Gasteiger partial charge in [-0.2, -0.15) is 0 Å². The molecular weight excluding hydrogens is 971 g/mol. The molecule has 0 N–H and O–H groups in total. The van der Waals surface area contributed by atoms with Crippen LogP contribution in [0.4, 0.5) is 0 Å². The predicted molar refractivity (Wildman–Crippen MR) is 332 cm³/mol. The summed E-state index contributed by atoms with van der Waals surface area (Å²) in [6.07, 6.45) is 0. The normalized spacial score (nSPS) is 11.5. The zero-order chi connectivity index (χ0) is 52.9.